The fourth-order valence-electron chi connectivity index (χ4n) is 4.31. The number of ether oxygens (including phenoxy) is 1. The van der Waals surface area contributed by atoms with E-state index in [1.54, 1.807) is 49.4 Å². The van der Waals surface area contributed by atoms with E-state index in [2.05, 4.69) is 0 Å². The Kier molecular flexibility index (Phi) is 5.02. The van der Waals surface area contributed by atoms with Gasteiger partial charge in [-0.05, 0) is 40.6 Å². The Morgan fingerprint density at radius 2 is 1.31 bits per heavy atom. The van der Waals surface area contributed by atoms with Gasteiger partial charge in [-0.25, -0.2) is 14.4 Å². The number of carbonyl (C=O) groups is 3. The molecule has 1 atom stereocenters. The zero-order valence-electron chi connectivity index (χ0n) is 17.0. The van der Waals surface area contributed by atoms with E-state index in [1.165, 1.54) is 18.2 Å². The molecule has 4 aromatic rings. The molecule has 0 fully saturated rings. The molecule has 0 aliphatic heterocycles. The van der Waals surface area contributed by atoms with Crippen molar-refractivity contribution in [3.05, 3.63) is 95.1 Å². The zero-order chi connectivity index (χ0) is 23.0. The monoisotopic (exact) mass is 429 g/mol. The van der Waals surface area contributed by atoms with Crippen LogP contribution in [-0.2, 0) is 10.3 Å². The van der Waals surface area contributed by atoms with Gasteiger partial charge in [0.2, 0.25) is 0 Å². The minimum atomic E-state index is -1.63. The number of aromatic carboxylic acids is 2. The first kappa shape index (κ1) is 20.9. The number of hydrogen-bond acceptors (Lipinski definition) is 4. The molecule has 1 unspecified atom stereocenters. The van der Waals surface area contributed by atoms with Gasteiger partial charge in [-0.1, -0.05) is 60.7 Å². The van der Waals surface area contributed by atoms with Gasteiger partial charge in [0.05, 0.1) is 11.1 Å². The number of amides is 1. The second kappa shape index (κ2) is 7.70. The minimum Gasteiger partial charge on any atom is -0.478 e. The van der Waals surface area contributed by atoms with Gasteiger partial charge in [0.15, 0.2) is 5.60 Å². The maximum Gasteiger partial charge on any atom is 0.405 e. The number of carboxylic acid groups (broad SMARTS) is 2. The van der Waals surface area contributed by atoms with Crippen LogP contribution in [0.25, 0.3) is 21.5 Å². The predicted molar refractivity (Wildman–Crippen MR) is 119 cm³/mol. The Morgan fingerprint density at radius 3 is 1.94 bits per heavy atom. The molecule has 0 aliphatic rings. The average molecular weight is 429 g/mol. The molecule has 0 spiro atoms. The largest absolute Gasteiger partial charge is 0.478 e. The van der Waals surface area contributed by atoms with E-state index in [1.807, 2.05) is 12.1 Å². The molecule has 4 aromatic carbocycles. The van der Waals surface area contributed by atoms with Crippen LogP contribution in [-0.4, -0.2) is 28.2 Å². The molecule has 0 aliphatic carbocycles. The van der Waals surface area contributed by atoms with Crippen LogP contribution < -0.4 is 5.73 Å². The van der Waals surface area contributed by atoms with E-state index < -0.39 is 23.6 Å². The first-order valence-corrected chi connectivity index (χ1v) is 9.73. The number of primary amides is 1. The van der Waals surface area contributed by atoms with Gasteiger partial charge in [-0.2, -0.15) is 0 Å². The SMILES string of the molecule is CC(OC(N)=O)(c1c(C(=O)O)ccc2ccccc12)c1ccc(C(=O)O)c2ccccc12. The summed E-state index contributed by atoms with van der Waals surface area (Å²) in [7, 11) is 0. The van der Waals surface area contributed by atoms with Crippen molar-refractivity contribution in [3.8, 4) is 0 Å². The summed E-state index contributed by atoms with van der Waals surface area (Å²) in [4.78, 5) is 36.0. The van der Waals surface area contributed by atoms with Crippen molar-refractivity contribution in [3.63, 3.8) is 0 Å². The number of hydrogen-bond donors (Lipinski definition) is 3. The molecule has 0 heterocycles. The fraction of sp³-hybridized carbons (Fsp3) is 0.0800. The molecule has 1 amide bonds. The highest BCUT2D eigenvalue weighted by molar-refractivity contribution is 6.06. The topological polar surface area (TPSA) is 127 Å². The molecule has 0 bridgehead atoms. The van der Waals surface area contributed by atoms with Crippen molar-refractivity contribution in [1.82, 2.24) is 0 Å². The number of carbonyl (C=O) groups excluding carboxylic acids is 1. The highest BCUT2D eigenvalue weighted by atomic mass is 16.6. The lowest BCUT2D eigenvalue weighted by molar-refractivity contribution is 0.0562. The molecule has 160 valence electrons. The van der Waals surface area contributed by atoms with Crippen LogP contribution >= 0.6 is 0 Å². The Balaban J connectivity index is 2.17. The molecule has 0 saturated heterocycles. The number of nitrogens with two attached hydrogens (primary N) is 1. The first-order valence-electron chi connectivity index (χ1n) is 9.73. The van der Waals surface area contributed by atoms with Crippen LogP contribution in [0.4, 0.5) is 4.79 Å². The van der Waals surface area contributed by atoms with Gasteiger partial charge in [0, 0.05) is 11.1 Å². The molecule has 0 radical (unpaired) electrons. The summed E-state index contributed by atoms with van der Waals surface area (Å²) < 4.78 is 5.65. The third-order valence-electron chi connectivity index (χ3n) is 5.61. The van der Waals surface area contributed by atoms with Gasteiger partial charge in [-0.15, -0.1) is 0 Å². The Hall–Kier alpha value is -4.39. The van der Waals surface area contributed by atoms with Crippen molar-refractivity contribution in [2.45, 2.75) is 12.5 Å². The summed E-state index contributed by atoms with van der Waals surface area (Å²) in [5.74, 6) is -2.31. The maximum absolute atomic E-state index is 12.2. The van der Waals surface area contributed by atoms with E-state index >= 15 is 0 Å². The molecule has 0 saturated carbocycles. The first-order chi connectivity index (χ1) is 15.2. The summed E-state index contributed by atoms with van der Waals surface area (Å²) in [5, 5.41) is 21.8. The molecule has 32 heavy (non-hydrogen) atoms. The van der Waals surface area contributed by atoms with Crippen molar-refractivity contribution < 1.29 is 29.3 Å². The summed E-state index contributed by atoms with van der Waals surface area (Å²) in [6.07, 6.45) is -1.09. The number of benzene rings is 4. The molecule has 4 rings (SSSR count). The quantitative estimate of drug-likeness (QED) is 0.420. The average Bonchev–Trinajstić information content (AvgIpc) is 2.76. The van der Waals surface area contributed by atoms with Gasteiger partial charge in [-0.3, -0.25) is 0 Å². The fourth-order valence-corrected chi connectivity index (χ4v) is 4.31. The third kappa shape index (κ3) is 3.30. The smallest absolute Gasteiger partial charge is 0.405 e. The van der Waals surface area contributed by atoms with Crippen LogP contribution in [0.2, 0.25) is 0 Å². The van der Waals surface area contributed by atoms with Crippen LogP contribution in [0.5, 0.6) is 0 Å². The number of rotatable bonds is 5. The van der Waals surface area contributed by atoms with Crippen molar-refractivity contribution in [1.29, 1.82) is 0 Å². The molecular weight excluding hydrogens is 410 g/mol. The molecule has 0 aromatic heterocycles. The summed E-state index contributed by atoms with van der Waals surface area (Å²) in [6.45, 7) is 1.56. The maximum atomic E-state index is 12.2. The van der Waals surface area contributed by atoms with Crippen molar-refractivity contribution >= 4 is 39.6 Å². The highest BCUT2D eigenvalue weighted by Gasteiger charge is 2.39. The highest BCUT2D eigenvalue weighted by Crippen LogP contribution is 2.43. The van der Waals surface area contributed by atoms with Crippen LogP contribution in [0.1, 0.15) is 38.8 Å². The van der Waals surface area contributed by atoms with E-state index in [9.17, 15) is 24.6 Å². The lowest BCUT2D eigenvalue weighted by atomic mass is 9.79. The second-order valence-corrected chi connectivity index (χ2v) is 7.48. The predicted octanol–water partition coefficient (Wildman–Crippen LogP) is 4.75. The summed E-state index contributed by atoms with van der Waals surface area (Å²) >= 11 is 0. The van der Waals surface area contributed by atoms with Crippen molar-refractivity contribution in [2.24, 2.45) is 5.73 Å². The summed E-state index contributed by atoms with van der Waals surface area (Å²) in [6, 6.07) is 20.0. The van der Waals surface area contributed by atoms with Crippen molar-refractivity contribution in [2.75, 3.05) is 0 Å². The van der Waals surface area contributed by atoms with E-state index in [-0.39, 0.29) is 16.7 Å². The van der Waals surface area contributed by atoms with Crippen LogP contribution in [0.15, 0.2) is 72.8 Å². The lowest BCUT2D eigenvalue weighted by Crippen LogP contribution is -2.35. The third-order valence-corrected chi connectivity index (χ3v) is 5.61. The van der Waals surface area contributed by atoms with E-state index in [0.29, 0.717) is 21.7 Å². The van der Waals surface area contributed by atoms with E-state index in [4.69, 9.17) is 10.5 Å². The van der Waals surface area contributed by atoms with Crippen LogP contribution in [0.3, 0.4) is 0 Å². The minimum absolute atomic E-state index is 0.0566. The van der Waals surface area contributed by atoms with Gasteiger partial charge < -0.3 is 20.7 Å². The Labute approximate surface area is 182 Å². The molecular formula is C25H19NO6. The summed E-state index contributed by atoms with van der Waals surface area (Å²) in [5.41, 5.74) is 4.49. The Bertz CT molecular complexity index is 1410. The Morgan fingerprint density at radius 1 is 0.750 bits per heavy atom. The number of fused-ring (bicyclic) bond motifs is 2. The molecule has 7 heteroatoms. The number of carboxylic acids is 2. The normalized spacial score (nSPS) is 12.9. The standard InChI is InChI=1S/C25H19NO6/c1-25(32-24(26)31,20-13-12-18(22(27)28)16-8-4-5-9-17(16)20)21-15-7-3-2-6-14(15)10-11-19(21)23(29)30/h2-13H,1H3,(H2,26,31)(H,27,28)(H,29,30). The lowest BCUT2D eigenvalue weighted by Gasteiger charge is -2.33. The van der Waals surface area contributed by atoms with E-state index in [0.717, 1.165) is 5.39 Å². The zero-order valence-corrected chi connectivity index (χ0v) is 17.0. The van der Waals surface area contributed by atoms with Gasteiger partial charge in [0.25, 0.3) is 0 Å². The van der Waals surface area contributed by atoms with Gasteiger partial charge in [0.1, 0.15) is 0 Å². The van der Waals surface area contributed by atoms with Gasteiger partial charge >= 0.3 is 18.0 Å². The molecule has 7 nitrogen and oxygen atoms in total. The molecule has 4 N–H and O–H groups in total. The van der Waals surface area contributed by atoms with Crippen LogP contribution in [0, 0.1) is 0 Å². The second-order valence-electron chi connectivity index (χ2n) is 7.48.